The van der Waals surface area contributed by atoms with Crippen molar-refractivity contribution in [3.05, 3.63) is 72.2 Å². The lowest BCUT2D eigenvalue weighted by Crippen LogP contribution is -2.03. The van der Waals surface area contributed by atoms with E-state index >= 15 is 0 Å². The number of rotatable bonds is 2. The van der Waals surface area contributed by atoms with Gasteiger partial charge in [-0.3, -0.25) is 0 Å². The zero-order valence-electron chi connectivity index (χ0n) is 9.69. The molecule has 1 heterocycles. The molecule has 88 valence electrons. The summed E-state index contributed by atoms with van der Waals surface area (Å²) in [6.07, 6.45) is 0.767. The van der Waals surface area contributed by atoms with Crippen molar-refractivity contribution in [2.45, 2.75) is 6.10 Å². The van der Waals surface area contributed by atoms with Crippen molar-refractivity contribution in [1.82, 2.24) is 9.97 Å². The van der Waals surface area contributed by atoms with Gasteiger partial charge in [-0.1, -0.05) is 48.5 Å². The zero-order valence-corrected chi connectivity index (χ0v) is 9.69. The van der Waals surface area contributed by atoms with Gasteiger partial charge in [-0.05, 0) is 11.6 Å². The molecule has 3 heteroatoms. The summed E-state index contributed by atoms with van der Waals surface area (Å²) in [5.74, 6) is 0. The van der Waals surface area contributed by atoms with Crippen LogP contribution in [0, 0.1) is 0 Å². The summed E-state index contributed by atoms with van der Waals surface area (Å²) in [5, 5.41) is 11.3. The molecule has 0 radical (unpaired) electrons. The maximum absolute atomic E-state index is 10.4. The van der Waals surface area contributed by atoms with E-state index in [1.165, 1.54) is 6.33 Å². The van der Waals surface area contributed by atoms with Crippen LogP contribution in [0.1, 0.15) is 17.4 Å². The number of fused-ring (bicyclic) bond motifs is 1. The monoisotopic (exact) mass is 236 g/mol. The highest BCUT2D eigenvalue weighted by atomic mass is 16.3. The van der Waals surface area contributed by atoms with Crippen LogP contribution in [-0.4, -0.2) is 15.1 Å². The van der Waals surface area contributed by atoms with Gasteiger partial charge < -0.3 is 5.11 Å². The van der Waals surface area contributed by atoms with Gasteiger partial charge in [-0.25, -0.2) is 9.97 Å². The molecule has 3 nitrogen and oxygen atoms in total. The Balaban J connectivity index is 2.15. The molecule has 0 aliphatic heterocycles. The van der Waals surface area contributed by atoms with Gasteiger partial charge in [0.05, 0.1) is 11.2 Å². The van der Waals surface area contributed by atoms with Gasteiger partial charge in [0.15, 0.2) is 0 Å². The van der Waals surface area contributed by atoms with Gasteiger partial charge in [-0.15, -0.1) is 0 Å². The van der Waals surface area contributed by atoms with E-state index in [0.717, 1.165) is 16.5 Å². The first-order valence-corrected chi connectivity index (χ1v) is 5.79. The van der Waals surface area contributed by atoms with Gasteiger partial charge in [0.1, 0.15) is 12.4 Å². The molecular formula is C15H12N2O. The average molecular weight is 236 g/mol. The molecule has 2 aromatic carbocycles. The molecule has 0 aliphatic carbocycles. The summed E-state index contributed by atoms with van der Waals surface area (Å²) >= 11 is 0. The molecule has 0 aliphatic rings. The van der Waals surface area contributed by atoms with Gasteiger partial charge in [0.2, 0.25) is 0 Å². The Morgan fingerprint density at radius 3 is 2.39 bits per heavy atom. The Labute approximate surface area is 105 Å². The minimum Gasteiger partial charge on any atom is -0.382 e. The molecule has 3 rings (SSSR count). The molecule has 0 saturated carbocycles. The van der Waals surface area contributed by atoms with E-state index in [1.54, 1.807) is 0 Å². The molecule has 0 amide bonds. The second kappa shape index (κ2) is 4.55. The van der Waals surface area contributed by atoms with Gasteiger partial charge in [0.25, 0.3) is 0 Å². The number of para-hydroxylation sites is 1. The largest absolute Gasteiger partial charge is 0.382 e. The van der Waals surface area contributed by atoms with Crippen molar-refractivity contribution in [2.24, 2.45) is 0 Å². The molecule has 0 fully saturated rings. The predicted octanol–water partition coefficient (Wildman–Crippen LogP) is 2.71. The molecule has 18 heavy (non-hydrogen) atoms. The molecule has 1 atom stereocenters. The maximum atomic E-state index is 10.4. The number of hydrogen-bond donors (Lipinski definition) is 1. The summed E-state index contributed by atoms with van der Waals surface area (Å²) in [5.41, 5.74) is 2.32. The normalized spacial score (nSPS) is 12.5. The van der Waals surface area contributed by atoms with Crippen LogP contribution in [0.2, 0.25) is 0 Å². The lowest BCUT2D eigenvalue weighted by molar-refractivity contribution is 0.217. The van der Waals surface area contributed by atoms with E-state index in [-0.39, 0.29) is 0 Å². The summed E-state index contributed by atoms with van der Waals surface area (Å²) < 4.78 is 0. The van der Waals surface area contributed by atoms with Crippen LogP contribution in [0.25, 0.3) is 10.9 Å². The third-order valence-electron chi connectivity index (χ3n) is 2.95. The molecule has 1 aromatic heterocycles. The van der Waals surface area contributed by atoms with Crippen molar-refractivity contribution in [3.63, 3.8) is 0 Å². The minimum absolute atomic E-state index is 0.645. The van der Waals surface area contributed by atoms with E-state index < -0.39 is 6.10 Å². The van der Waals surface area contributed by atoms with Crippen molar-refractivity contribution >= 4 is 10.9 Å². The van der Waals surface area contributed by atoms with Crippen molar-refractivity contribution in [2.75, 3.05) is 0 Å². The lowest BCUT2D eigenvalue weighted by Gasteiger charge is -2.12. The van der Waals surface area contributed by atoms with Crippen LogP contribution in [-0.2, 0) is 0 Å². The minimum atomic E-state index is -0.723. The highest BCUT2D eigenvalue weighted by molar-refractivity contribution is 5.81. The standard InChI is InChI=1S/C15H12N2O/c18-15(11-6-2-1-3-7-11)14-12-8-4-5-9-13(12)16-10-17-14/h1-10,15,18H. The second-order valence-electron chi connectivity index (χ2n) is 4.09. The molecule has 0 bridgehead atoms. The lowest BCUT2D eigenvalue weighted by atomic mass is 10.0. The van der Waals surface area contributed by atoms with Crippen molar-refractivity contribution in [1.29, 1.82) is 0 Å². The van der Waals surface area contributed by atoms with Gasteiger partial charge >= 0.3 is 0 Å². The van der Waals surface area contributed by atoms with Crippen LogP contribution >= 0.6 is 0 Å². The highest BCUT2D eigenvalue weighted by Gasteiger charge is 2.14. The van der Waals surface area contributed by atoms with Crippen LogP contribution in [0.15, 0.2) is 60.9 Å². The summed E-state index contributed by atoms with van der Waals surface area (Å²) in [7, 11) is 0. The summed E-state index contributed by atoms with van der Waals surface area (Å²) in [6, 6.07) is 17.2. The number of aromatic nitrogens is 2. The first kappa shape index (κ1) is 10.9. The van der Waals surface area contributed by atoms with Crippen LogP contribution in [0.4, 0.5) is 0 Å². The Hall–Kier alpha value is -2.26. The third-order valence-corrected chi connectivity index (χ3v) is 2.95. The first-order chi connectivity index (χ1) is 8.86. The zero-order chi connectivity index (χ0) is 12.4. The number of aliphatic hydroxyl groups is 1. The average Bonchev–Trinajstić information content (AvgIpc) is 2.47. The van der Waals surface area contributed by atoms with E-state index in [2.05, 4.69) is 9.97 Å². The van der Waals surface area contributed by atoms with Crippen molar-refractivity contribution < 1.29 is 5.11 Å². The second-order valence-corrected chi connectivity index (χ2v) is 4.09. The smallest absolute Gasteiger partial charge is 0.122 e. The number of hydrogen-bond acceptors (Lipinski definition) is 3. The topological polar surface area (TPSA) is 46.0 Å². The Kier molecular flexibility index (Phi) is 2.74. The van der Waals surface area contributed by atoms with Crippen molar-refractivity contribution in [3.8, 4) is 0 Å². The number of benzene rings is 2. The van der Waals surface area contributed by atoms with Gasteiger partial charge in [-0.2, -0.15) is 0 Å². The van der Waals surface area contributed by atoms with E-state index in [1.807, 2.05) is 54.6 Å². The molecule has 0 spiro atoms. The van der Waals surface area contributed by atoms with E-state index in [9.17, 15) is 5.11 Å². The number of aliphatic hydroxyl groups excluding tert-OH is 1. The molecule has 0 saturated heterocycles. The maximum Gasteiger partial charge on any atom is 0.122 e. The molecule has 1 N–H and O–H groups in total. The molecular weight excluding hydrogens is 224 g/mol. The summed E-state index contributed by atoms with van der Waals surface area (Å²) in [4.78, 5) is 8.42. The van der Waals surface area contributed by atoms with E-state index in [0.29, 0.717) is 5.69 Å². The highest BCUT2D eigenvalue weighted by Crippen LogP contribution is 2.25. The van der Waals surface area contributed by atoms with Gasteiger partial charge in [0, 0.05) is 5.39 Å². The summed E-state index contributed by atoms with van der Waals surface area (Å²) in [6.45, 7) is 0. The Morgan fingerprint density at radius 2 is 1.56 bits per heavy atom. The molecule has 3 aromatic rings. The quantitative estimate of drug-likeness (QED) is 0.744. The number of nitrogens with zero attached hydrogens (tertiary/aromatic N) is 2. The predicted molar refractivity (Wildman–Crippen MR) is 70.0 cm³/mol. The third kappa shape index (κ3) is 1.85. The molecule has 1 unspecified atom stereocenters. The SMILES string of the molecule is OC(c1ccccc1)c1ncnc2ccccc12. The fourth-order valence-electron chi connectivity index (χ4n) is 2.04. The Morgan fingerprint density at radius 1 is 0.833 bits per heavy atom. The van der Waals surface area contributed by atoms with Crippen LogP contribution in [0.5, 0.6) is 0 Å². The first-order valence-electron chi connectivity index (χ1n) is 5.79. The van der Waals surface area contributed by atoms with Crippen LogP contribution < -0.4 is 0 Å². The van der Waals surface area contributed by atoms with E-state index in [4.69, 9.17) is 0 Å². The fraction of sp³-hybridized carbons (Fsp3) is 0.0667. The Bertz CT molecular complexity index is 662. The van der Waals surface area contributed by atoms with Crippen LogP contribution in [0.3, 0.4) is 0 Å². The fourth-order valence-corrected chi connectivity index (χ4v) is 2.04.